The van der Waals surface area contributed by atoms with Gasteiger partial charge in [-0.15, -0.1) is 0 Å². The molecule has 0 radical (unpaired) electrons. The Morgan fingerprint density at radius 3 is 2.35 bits per heavy atom. The van der Waals surface area contributed by atoms with Crippen LogP contribution in [0.25, 0.3) is 10.9 Å². The number of hydrogen-bond donors (Lipinski definition) is 1. The molecule has 2 aromatic rings. The number of aromatic nitrogens is 2. The molecule has 4 nitrogen and oxygen atoms in total. The van der Waals surface area contributed by atoms with E-state index < -0.39 is 18.3 Å². The quantitative estimate of drug-likeness (QED) is 0.823. The summed E-state index contributed by atoms with van der Waals surface area (Å²) in [5.41, 5.74) is 0.572. The summed E-state index contributed by atoms with van der Waals surface area (Å²) in [4.78, 5) is 0. The second-order valence-electron chi connectivity index (χ2n) is 6.01. The van der Waals surface area contributed by atoms with Gasteiger partial charge in [0.15, 0.2) is 0 Å². The minimum atomic E-state index is -0.544. The Morgan fingerprint density at radius 1 is 1.15 bits per heavy atom. The van der Waals surface area contributed by atoms with Crippen molar-refractivity contribution in [1.29, 1.82) is 0 Å². The Morgan fingerprint density at radius 2 is 1.75 bits per heavy atom. The van der Waals surface area contributed by atoms with Crippen molar-refractivity contribution in [3.05, 3.63) is 22.3 Å². The summed E-state index contributed by atoms with van der Waals surface area (Å²) in [6.45, 7) is 7.99. The van der Waals surface area contributed by atoms with E-state index in [0.717, 1.165) is 5.39 Å². The zero-order chi connectivity index (χ0) is 14.7. The summed E-state index contributed by atoms with van der Waals surface area (Å²) in [7, 11) is -0.544. The maximum Gasteiger partial charge on any atom is 0.496 e. The fourth-order valence-corrected chi connectivity index (χ4v) is 2.75. The van der Waals surface area contributed by atoms with Crippen LogP contribution in [0.3, 0.4) is 0 Å². The number of benzene rings is 1. The number of hydrogen-bond acceptors (Lipinski definition) is 3. The highest BCUT2D eigenvalue weighted by atomic mass is 35.5. The van der Waals surface area contributed by atoms with E-state index in [-0.39, 0.29) is 0 Å². The van der Waals surface area contributed by atoms with Crippen molar-refractivity contribution < 1.29 is 9.31 Å². The molecule has 1 aromatic carbocycles. The van der Waals surface area contributed by atoms with Gasteiger partial charge in [0, 0.05) is 10.8 Å². The fraction of sp³-hybridized carbons (Fsp3) is 0.462. The van der Waals surface area contributed by atoms with Crippen LogP contribution in [0.5, 0.6) is 0 Å². The second kappa shape index (κ2) is 4.37. The average Bonchev–Trinajstić information content (AvgIpc) is 2.88. The molecule has 0 atom stereocenters. The van der Waals surface area contributed by atoms with Crippen LogP contribution >= 0.6 is 23.2 Å². The van der Waals surface area contributed by atoms with Gasteiger partial charge in [0.1, 0.15) is 0 Å². The molecule has 2 heterocycles. The van der Waals surface area contributed by atoms with Crippen molar-refractivity contribution in [3.8, 4) is 0 Å². The molecule has 0 saturated carbocycles. The number of aromatic amines is 1. The van der Waals surface area contributed by atoms with E-state index in [0.29, 0.717) is 21.0 Å². The third-order valence-corrected chi connectivity index (χ3v) is 4.88. The molecule has 1 aliphatic heterocycles. The van der Waals surface area contributed by atoms with Crippen LogP contribution in [0.1, 0.15) is 27.7 Å². The van der Waals surface area contributed by atoms with E-state index in [1.807, 2.05) is 27.7 Å². The number of nitrogens with zero attached hydrogens (tertiary/aromatic N) is 1. The molecule has 1 saturated heterocycles. The van der Waals surface area contributed by atoms with Crippen molar-refractivity contribution in [1.82, 2.24) is 10.2 Å². The Labute approximate surface area is 127 Å². The van der Waals surface area contributed by atoms with E-state index in [9.17, 15) is 0 Å². The monoisotopic (exact) mass is 312 g/mol. The Hall–Kier alpha value is -0.745. The largest absolute Gasteiger partial charge is 0.496 e. The topological polar surface area (TPSA) is 47.1 Å². The third kappa shape index (κ3) is 1.96. The van der Waals surface area contributed by atoms with Crippen molar-refractivity contribution in [2.45, 2.75) is 38.9 Å². The summed E-state index contributed by atoms with van der Waals surface area (Å²) in [6.07, 6.45) is 1.65. The van der Waals surface area contributed by atoms with Crippen LogP contribution in [-0.4, -0.2) is 28.5 Å². The number of halogens is 2. The minimum absolute atomic E-state index is 0.420. The lowest BCUT2D eigenvalue weighted by Gasteiger charge is -2.32. The molecule has 1 aliphatic rings. The van der Waals surface area contributed by atoms with E-state index in [2.05, 4.69) is 10.2 Å². The lowest BCUT2D eigenvalue weighted by Crippen LogP contribution is -2.41. The number of fused-ring (bicyclic) bond motifs is 1. The first-order valence-electron chi connectivity index (χ1n) is 6.39. The standard InChI is InChI=1S/C13H15BCl2N2O2/c1-12(2)13(3,4)20-14(19-12)8-5-9(15)7-6-17-18-11(7)10(8)16/h5-6H,1-4H3,(H,17,18). The molecule has 1 N–H and O–H groups in total. The first-order valence-corrected chi connectivity index (χ1v) is 7.15. The predicted molar refractivity (Wildman–Crippen MR) is 81.8 cm³/mol. The number of nitrogens with one attached hydrogen (secondary N) is 1. The first kappa shape index (κ1) is 14.2. The lowest BCUT2D eigenvalue weighted by molar-refractivity contribution is 0.00578. The summed E-state index contributed by atoms with van der Waals surface area (Å²) in [6, 6.07) is 1.78. The molecule has 1 aromatic heterocycles. The van der Waals surface area contributed by atoms with Crippen LogP contribution in [0, 0.1) is 0 Å². The van der Waals surface area contributed by atoms with E-state index >= 15 is 0 Å². The smallest absolute Gasteiger partial charge is 0.399 e. The molecule has 0 bridgehead atoms. The molecular weight excluding hydrogens is 298 g/mol. The van der Waals surface area contributed by atoms with Crippen LogP contribution in [-0.2, 0) is 9.31 Å². The van der Waals surface area contributed by atoms with Gasteiger partial charge in [-0.25, -0.2) is 0 Å². The van der Waals surface area contributed by atoms with Crippen LogP contribution in [0.15, 0.2) is 12.3 Å². The minimum Gasteiger partial charge on any atom is -0.399 e. The van der Waals surface area contributed by atoms with Gasteiger partial charge in [0.2, 0.25) is 0 Å². The zero-order valence-corrected chi connectivity index (χ0v) is 13.3. The summed E-state index contributed by atoms with van der Waals surface area (Å²) in [5.74, 6) is 0. The van der Waals surface area contributed by atoms with Gasteiger partial charge in [-0.05, 0) is 33.8 Å². The highest BCUT2D eigenvalue weighted by Crippen LogP contribution is 2.38. The van der Waals surface area contributed by atoms with Crippen LogP contribution < -0.4 is 5.46 Å². The SMILES string of the molecule is CC1(C)OB(c2cc(Cl)c3cn[nH]c3c2Cl)OC1(C)C. The highest BCUT2D eigenvalue weighted by molar-refractivity contribution is 6.67. The van der Waals surface area contributed by atoms with Crippen molar-refractivity contribution in [2.24, 2.45) is 0 Å². The van der Waals surface area contributed by atoms with Gasteiger partial charge in [-0.1, -0.05) is 23.2 Å². The van der Waals surface area contributed by atoms with E-state index in [1.54, 1.807) is 12.3 Å². The molecule has 3 rings (SSSR count). The van der Waals surface area contributed by atoms with Gasteiger partial charge >= 0.3 is 7.12 Å². The van der Waals surface area contributed by atoms with Gasteiger partial charge in [-0.3, -0.25) is 5.10 Å². The normalized spacial score (nSPS) is 20.8. The van der Waals surface area contributed by atoms with Gasteiger partial charge in [-0.2, -0.15) is 5.10 Å². The van der Waals surface area contributed by atoms with Crippen LogP contribution in [0.2, 0.25) is 10.0 Å². The van der Waals surface area contributed by atoms with Gasteiger partial charge in [0.25, 0.3) is 0 Å². The Bertz CT molecular complexity index is 668. The lowest BCUT2D eigenvalue weighted by atomic mass is 9.78. The molecule has 0 unspecified atom stereocenters. The van der Waals surface area contributed by atoms with Gasteiger partial charge < -0.3 is 9.31 Å². The van der Waals surface area contributed by atoms with Crippen molar-refractivity contribution >= 4 is 46.7 Å². The average molecular weight is 313 g/mol. The zero-order valence-electron chi connectivity index (χ0n) is 11.8. The van der Waals surface area contributed by atoms with Crippen molar-refractivity contribution in [3.63, 3.8) is 0 Å². The maximum atomic E-state index is 6.43. The second-order valence-corrected chi connectivity index (χ2v) is 6.79. The number of rotatable bonds is 1. The first-order chi connectivity index (χ1) is 9.23. The Kier molecular flexibility index (Phi) is 3.11. The fourth-order valence-electron chi connectivity index (χ4n) is 2.20. The molecule has 1 fully saturated rings. The van der Waals surface area contributed by atoms with Gasteiger partial charge in [0.05, 0.1) is 33.0 Å². The molecule has 0 spiro atoms. The number of H-pyrrole nitrogens is 1. The highest BCUT2D eigenvalue weighted by Gasteiger charge is 2.52. The molecule has 7 heteroatoms. The third-order valence-electron chi connectivity index (χ3n) is 4.16. The summed E-state index contributed by atoms with van der Waals surface area (Å²) < 4.78 is 12.0. The summed E-state index contributed by atoms with van der Waals surface area (Å²) >= 11 is 12.7. The summed E-state index contributed by atoms with van der Waals surface area (Å²) in [5, 5.41) is 8.72. The molecular formula is C13H15BCl2N2O2. The molecule has 0 amide bonds. The predicted octanol–water partition coefficient (Wildman–Crippen LogP) is 3.17. The van der Waals surface area contributed by atoms with Crippen LogP contribution in [0.4, 0.5) is 0 Å². The Balaban J connectivity index is 2.10. The molecule has 0 aliphatic carbocycles. The molecule has 106 valence electrons. The van der Waals surface area contributed by atoms with Crippen molar-refractivity contribution in [2.75, 3.05) is 0 Å². The van der Waals surface area contributed by atoms with E-state index in [4.69, 9.17) is 32.5 Å². The van der Waals surface area contributed by atoms with E-state index in [1.165, 1.54) is 0 Å². The maximum absolute atomic E-state index is 6.43. The molecule has 20 heavy (non-hydrogen) atoms.